The van der Waals surface area contributed by atoms with Crippen LogP contribution >= 0.6 is 23.1 Å². The molecule has 0 bridgehead atoms. The summed E-state index contributed by atoms with van der Waals surface area (Å²) in [6.07, 6.45) is 7.68. The normalized spacial score (nSPS) is 13.8. The van der Waals surface area contributed by atoms with Gasteiger partial charge in [-0.2, -0.15) is 0 Å². The molecule has 23 heavy (non-hydrogen) atoms. The van der Waals surface area contributed by atoms with Gasteiger partial charge in [0.15, 0.2) is 5.13 Å². The number of aryl methyl sites for hydroxylation is 3. The van der Waals surface area contributed by atoms with Crippen molar-refractivity contribution in [3.05, 3.63) is 16.4 Å². The Morgan fingerprint density at radius 3 is 3.04 bits per heavy atom. The summed E-state index contributed by atoms with van der Waals surface area (Å²) in [6, 6.07) is 0. The average molecular weight is 352 g/mol. The fourth-order valence-corrected chi connectivity index (χ4v) is 4.17. The zero-order valence-electron chi connectivity index (χ0n) is 13.2. The summed E-state index contributed by atoms with van der Waals surface area (Å²) in [6.45, 7) is 2.15. The highest BCUT2D eigenvalue weighted by molar-refractivity contribution is 7.99. The summed E-state index contributed by atoms with van der Waals surface area (Å²) in [7, 11) is 0. The van der Waals surface area contributed by atoms with E-state index in [9.17, 15) is 4.79 Å². The highest BCUT2D eigenvalue weighted by Crippen LogP contribution is 2.29. The number of nitrogens with one attached hydrogen (secondary N) is 2. The summed E-state index contributed by atoms with van der Waals surface area (Å²) in [4.78, 5) is 22.3. The summed E-state index contributed by atoms with van der Waals surface area (Å²) >= 11 is 2.96. The van der Waals surface area contributed by atoms with Crippen molar-refractivity contribution in [2.75, 3.05) is 11.1 Å². The summed E-state index contributed by atoms with van der Waals surface area (Å²) in [5.74, 6) is 1.14. The van der Waals surface area contributed by atoms with E-state index in [0.717, 1.165) is 43.1 Å². The lowest BCUT2D eigenvalue weighted by Gasteiger charge is -2.06. The van der Waals surface area contributed by atoms with Crippen molar-refractivity contribution in [1.82, 2.24) is 20.2 Å². The minimum Gasteiger partial charge on any atom is -0.301 e. The fourth-order valence-electron chi connectivity index (χ4n) is 2.49. The number of aromatic nitrogens is 4. The largest absolute Gasteiger partial charge is 0.301 e. The standard InChI is InChI=1S/C15H21N5OS2/c1-2-3-8-12-17-15(20-19-12)22-9-13(21)18-14-16-10-6-4-5-7-11(10)23-14/h2-9H2,1H3,(H,16,18,21)(H,17,19,20). The van der Waals surface area contributed by atoms with Crippen LogP contribution in [0.2, 0.25) is 0 Å². The molecule has 2 aromatic heterocycles. The van der Waals surface area contributed by atoms with Crippen molar-refractivity contribution in [1.29, 1.82) is 0 Å². The van der Waals surface area contributed by atoms with Gasteiger partial charge in [-0.05, 0) is 32.1 Å². The van der Waals surface area contributed by atoms with Gasteiger partial charge >= 0.3 is 0 Å². The monoisotopic (exact) mass is 351 g/mol. The summed E-state index contributed by atoms with van der Waals surface area (Å²) in [5.41, 5.74) is 1.17. The molecule has 2 aromatic rings. The first-order valence-corrected chi connectivity index (χ1v) is 9.87. The molecule has 0 aliphatic heterocycles. The molecule has 0 unspecified atom stereocenters. The lowest BCUT2D eigenvalue weighted by molar-refractivity contribution is -0.113. The Morgan fingerprint density at radius 2 is 2.22 bits per heavy atom. The number of carbonyl (C=O) groups excluding carboxylic acids is 1. The van der Waals surface area contributed by atoms with Crippen LogP contribution < -0.4 is 5.32 Å². The molecule has 6 nitrogen and oxygen atoms in total. The van der Waals surface area contributed by atoms with Crippen LogP contribution in [0.5, 0.6) is 0 Å². The average Bonchev–Trinajstić information content (AvgIpc) is 3.16. The van der Waals surface area contributed by atoms with Crippen LogP contribution in [0.3, 0.4) is 0 Å². The molecule has 0 aromatic carbocycles. The zero-order chi connectivity index (χ0) is 16.1. The van der Waals surface area contributed by atoms with Gasteiger partial charge in [0, 0.05) is 11.3 Å². The number of rotatable bonds is 7. The fraction of sp³-hybridized carbons (Fsp3) is 0.600. The van der Waals surface area contributed by atoms with Crippen LogP contribution in [0.25, 0.3) is 0 Å². The first-order valence-electron chi connectivity index (χ1n) is 8.07. The number of nitrogens with zero attached hydrogens (tertiary/aromatic N) is 3. The maximum atomic E-state index is 12.0. The Morgan fingerprint density at radius 1 is 1.35 bits per heavy atom. The van der Waals surface area contributed by atoms with Crippen LogP contribution in [0.4, 0.5) is 5.13 Å². The van der Waals surface area contributed by atoms with Gasteiger partial charge in [0.2, 0.25) is 11.1 Å². The van der Waals surface area contributed by atoms with Crippen molar-refractivity contribution in [3.8, 4) is 0 Å². The molecule has 0 saturated carbocycles. The van der Waals surface area contributed by atoms with Gasteiger partial charge in [0.1, 0.15) is 5.82 Å². The second kappa shape index (κ2) is 7.92. The Labute approximate surface area is 143 Å². The third-order valence-electron chi connectivity index (χ3n) is 3.70. The number of carbonyl (C=O) groups is 1. The van der Waals surface area contributed by atoms with Crippen molar-refractivity contribution in [2.24, 2.45) is 0 Å². The predicted molar refractivity (Wildman–Crippen MR) is 93.1 cm³/mol. The maximum Gasteiger partial charge on any atom is 0.236 e. The van der Waals surface area contributed by atoms with Crippen LogP contribution in [0.15, 0.2) is 5.16 Å². The number of fused-ring (bicyclic) bond motifs is 1. The summed E-state index contributed by atoms with van der Waals surface area (Å²) < 4.78 is 0. The van der Waals surface area contributed by atoms with E-state index in [1.165, 1.54) is 35.2 Å². The summed E-state index contributed by atoms with van der Waals surface area (Å²) in [5, 5.41) is 11.3. The predicted octanol–water partition coefficient (Wildman–Crippen LogP) is 3.21. The van der Waals surface area contributed by atoms with Crippen LogP contribution in [-0.2, 0) is 24.1 Å². The minimum absolute atomic E-state index is 0.0546. The Kier molecular flexibility index (Phi) is 5.66. The molecule has 2 N–H and O–H groups in total. The molecule has 1 aliphatic rings. The van der Waals surface area contributed by atoms with Gasteiger partial charge in [-0.3, -0.25) is 9.89 Å². The first kappa shape index (κ1) is 16.4. The molecular weight excluding hydrogens is 330 g/mol. The van der Waals surface area contributed by atoms with Gasteiger partial charge in [-0.25, -0.2) is 9.97 Å². The van der Waals surface area contributed by atoms with Crippen molar-refractivity contribution >= 4 is 34.1 Å². The number of aromatic amines is 1. The third kappa shape index (κ3) is 4.54. The molecule has 0 saturated heterocycles. The van der Waals surface area contributed by atoms with E-state index in [1.807, 2.05) is 0 Å². The van der Waals surface area contributed by atoms with Crippen LogP contribution in [0, 0.1) is 0 Å². The van der Waals surface area contributed by atoms with E-state index in [0.29, 0.717) is 10.9 Å². The van der Waals surface area contributed by atoms with Gasteiger partial charge in [-0.1, -0.05) is 25.1 Å². The number of hydrogen-bond acceptors (Lipinski definition) is 6. The molecule has 0 fully saturated rings. The molecule has 0 spiro atoms. The lowest BCUT2D eigenvalue weighted by Crippen LogP contribution is -2.14. The number of H-pyrrole nitrogens is 1. The van der Waals surface area contributed by atoms with Gasteiger partial charge < -0.3 is 5.32 Å². The second-order valence-electron chi connectivity index (χ2n) is 5.60. The number of hydrogen-bond donors (Lipinski definition) is 2. The molecule has 8 heteroatoms. The van der Waals surface area contributed by atoms with Crippen LogP contribution in [0.1, 0.15) is 49.0 Å². The number of thiazole rings is 1. The molecule has 2 heterocycles. The zero-order valence-corrected chi connectivity index (χ0v) is 14.9. The smallest absolute Gasteiger partial charge is 0.236 e. The minimum atomic E-state index is -0.0546. The van der Waals surface area contributed by atoms with E-state index in [4.69, 9.17) is 0 Å². The highest BCUT2D eigenvalue weighted by Gasteiger charge is 2.16. The van der Waals surface area contributed by atoms with Gasteiger partial charge in [0.25, 0.3) is 0 Å². The SMILES string of the molecule is CCCCc1nc(SCC(=O)Nc2nc3c(s2)CCCC3)n[nH]1. The molecule has 0 atom stereocenters. The van der Waals surface area contributed by atoms with Crippen LogP contribution in [-0.4, -0.2) is 31.8 Å². The number of thioether (sulfide) groups is 1. The highest BCUT2D eigenvalue weighted by atomic mass is 32.2. The Bertz CT molecular complexity index is 643. The van der Waals surface area contributed by atoms with Crippen molar-refractivity contribution in [3.63, 3.8) is 0 Å². The molecule has 0 radical (unpaired) electrons. The molecule has 3 rings (SSSR count). The van der Waals surface area contributed by atoms with Crippen molar-refractivity contribution in [2.45, 2.75) is 57.0 Å². The molecular formula is C15H21N5OS2. The lowest BCUT2D eigenvalue weighted by atomic mass is 10.0. The quantitative estimate of drug-likeness (QED) is 0.748. The first-order chi connectivity index (χ1) is 11.2. The van der Waals surface area contributed by atoms with E-state index in [-0.39, 0.29) is 5.91 Å². The van der Waals surface area contributed by atoms with E-state index >= 15 is 0 Å². The van der Waals surface area contributed by atoms with E-state index in [1.54, 1.807) is 11.3 Å². The molecule has 124 valence electrons. The Hall–Kier alpha value is -1.41. The second-order valence-corrected chi connectivity index (χ2v) is 7.63. The number of anilines is 1. The topological polar surface area (TPSA) is 83.6 Å². The molecule has 1 amide bonds. The Balaban J connectivity index is 1.47. The van der Waals surface area contributed by atoms with Crippen molar-refractivity contribution < 1.29 is 4.79 Å². The van der Waals surface area contributed by atoms with Gasteiger partial charge in [-0.15, -0.1) is 16.4 Å². The van der Waals surface area contributed by atoms with E-state index in [2.05, 4.69) is 32.4 Å². The van der Waals surface area contributed by atoms with E-state index < -0.39 is 0 Å². The molecule has 1 aliphatic carbocycles. The number of unbranched alkanes of at least 4 members (excludes halogenated alkanes) is 1. The number of amides is 1. The third-order valence-corrected chi connectivity index (χ3v) is 5.62. The maximum absolute atomic E-state index is 12.0. The van der Waals surface area contributed by atoms with Gasteiger partial charge in [0.05, 0.1) is 11.4 Å².